The van der Waals surface area contributed by atoms with Gasteiger partial charge in [-0.25, -0.2) is 14.8 Å². The Kier molecular flexibility index (Phi) is 3.38. The quantitative estimate of drug-likeness (QED) is 0.734. The highest BCUT2D eigenvalue weighted by Crippen LogP contribution is 2.37. The fourth-order valence-corrected chi connectivity index (χ4v) is 3.27. The number of rotatable bonds is 2. The van der Waals surface area contributed by atoms with Crippen molar-refractivity contribution in [3.63, 3.8) is 0 Å². The molecule has 1 spiro atoms. The zero-order valence-corrected chi connectivity index (χ0v) is 12.9. The first kappa shape index (κ1) is 14.6. The fraction of sp³-hybridized carbons (Fsp3) is 0.571. The molecule has 0 radical (unpaired) electrons. The smallest absolute Gasteiger partial charge is 0.327 e. The third kappa shape index (κ3) is 1.90. The molecule has 1 aromatic heterocycles. The van der Waals surface area contributed by atoms with E-state index in [2.05, 4.69) is 9.97 Å². The second kappa shape index (κ2) is 5.11. The van der Waals surface area contributed by atoms with Gasteiger partial charge in [-0.1, -0.05) is 0 Å². The van der Waals surface area contributed by atoms with E-state index >= 15 is 0 Å². The van der Waals surface area contributed by atoms with Gasteiger partial charge in [-0.05, 0) is 12.8 Å². The van der Waals surface area contributed by atoms with Crippen LogP contribution >= 0.6 is 0 Å². The number of amides is 3. The van der Waals surface area contributed by atoms with Crippen LogP contribution in [0.1, 0.15) is 12.8 Å². The van der Waals surface area contributed by atoms with Gasteiger partial charge in [0.2, 0.25) is 0 Å². The van der Waals surface area contributed by atoms with Gasteiger partial charge in [0, 0.05) is 39.6 Å². The van der Waals surface area contributed by atoms with E-state index in [1.165, 1.54) is 11.9 Å². The largest absolute Gasteiger partial charge is 0.478 e. The summed E-state index contributed by atoms with van der Waals surface area (Å²) in [5, 5.41) is 0. The maximum atomic E-state index is 12.5. The van der Waals surface area contributed by atoms with Crippen LogP contribution in [-0.2, 0) is 4.79 Å². The van der Waals surface area contributed by atoms with Gasteiger partial charge < -0.3 is 14.5 Å². The normalized spacial score (nSPS) is 21.0. The summed E-state index contributed by atoms with van der Waals surface area (Å²) in [6.07, 6.45) is 4.33. The molecule has 2 aliphatic heterocycles. The predicted molar refractivity (Wildman–Crippen MR) is 78.7 cm³/mol. The molecule has 2 saturated heterocycles. The molecule has 3 heterocycles. The molecule has 22 heavy (non-hydrogen) atoms. The van der Waals surface area contributed by atoms with E-state index in [4.69, 9.17) is 4.74 Å². The number of hydrogen-bond acceptors (Lipinski definition) is 6. The molecule has 0 atom stereocenters. The second-order valence-electron chi connectivity index (χ2n) is 5.61. The lowest BCUT2D eigenvalue weighted by Gasteiger charge is -2.41. The predicted octanol–water partition coefficient (Wildman–Crippen LogP) is 0.348. The SMILES string of the molecule is COc1nccnc1N1CCC2(CC1)C(=O)N(C)C(=O)N2C. The number of ether oxygens (including phenoxy) is 1. The van der Waals surface area contributed by atoms with E-state index in [1.54, 1.807) is 31.5 Å². The summed E-state index contributed by atoms with van der Waals surface area (Å²) in [6, 6.07) is -0.240. The first-order chi connectivity index (χ1) is 10.5. The summed E-state index contributed by atoms with van der Waals surface area (Å²) >= 11 is 0. The highest BCUT2D eigenvalue weighted by atomic mass is 16.5. The van der Waals surface area contributed by atoms with Crippen LogP contribution in [-0.4, -0.2) is 71.5 Å². The highest BCUT2D eigenvalue weighted by molar-refractivity contribution is 6.06. The number of carbonyl (C=O) groups is 2. The summed E-state index contributed by atoms with van der Waals surface area (Å²) in [5.74, 6) is 1.02. The van der Waals surface area contributed by atoms with Crippen molar-refractivity contribution in [3.05, 3.63) is 12.4 Å². The third-order valence-electron chi connectivity index (χ3n) is 4.65. The molecule has 2 fully saturated rings. The standard InChI is InChI=1S/C14H19N5O3/c1-17-12(20)14(18(2)13(17)21)4-8-19(9-5-14)10-11(22-3)16-7-6-15-10/h6-7H,4-5,8-9H2,1-3H3. The van der Waals surface area contributed by atoms with Crippen molar-refractivity contribution in [3.8, 4) is 5.88 Å². The Morgan fingerprint density at radius 3 is 2.32 bits per heavy atom. The molecule has 118 valence electrons. The topological polar surface area (TPSA) is 78.9 Å². The number of imide groups is 1. The zero-order chi connectivity index (χ0) is 15.9. The van der Waals surface area contributed by atoms with E-state index in [-0.39, 0.29) is 11.9 Å². The van der Waals surface area contributed by atoms with Gasteiger partial charge in [0.1, 0.15) is 5.54 Å². The summed E-state index contributed by atoms with van der Waals surface area (Å²) in [6.45, 7) is 1.23. The number of urea groups is 1. The van der Waals surface area contributed by atoms with Gasteiger partial charge in [0.25, 0.3) is 11.8 Å². The monoisotopic (exact) mass is 305 g/mol. The minimum atomic E-state index is -0.724. The van der Waals surface area contributed by atoms with Crippen LogP contribution in [0.2, 0.25) is 0 Å². The van der Waals surface area contributed by atoms with E-state index in [9.17, 15) is 9.59 Å². The first-order valence-corrected chi connectivity index (χ1v) is 7.17. The average Bonchev–Trinajstić information content (AvgIpc) is 2.72. The van der Waals surface area contributed by atoms with Gasteiger partial charge in [-0.2, -0.15) is 0 Å². The van der Waals surface area contributed by atoms with Gasteiger partial charge in [0.05, 0.1) is 7.11 Å². The van der Waals surface area contributed by atoms with Crippen LogP contribution < -0.4 is 9.64 Å². The number of aromatic nitrogens is 2. The molecule has 0 N–H and O–H groups in total. The van der Waals surface area contributed by atoms with Crippen LogP contribution in [0.15, 0.2) is 12.4 Å². The molecular formula is C14H19N5O3. The lowest BCUT2D eigenvalue weighted by atomic mass is 9.86. The molecule has 8 heteroatoms. The minimum absolute atomic E-state index is 0.120. The molecule has 3 rings (SSSR count). The van der Waals surface area contributed by atoms with Crippen molar-refractivity contribution in [2.45, 2.75) is 18.4 Å². The molecule has 0 unspecified atom stereocenters. The van der Waals surface area contributed by atoms with Crippen LogP contribution in [0.3, 0.4) is 0 Å². The van der Waals surface area contributed by atoms with Gasteiger partial charge in [-0.15, -0.1) is 0 Å². The molecule has 1 aromatic rings. The highest BCUT2D eigenvalue weighted by Gasteiger charge is 2.55. The Morgan fingerprint density at radius 1 is 1.14 bits per heavy atom. The molecular weight excluding hydrogens is 286 g/mol. The number of piperidine rings is 1. The maximum Gasteiger partial charge on any atom is 0.327 e. The number of nitrogens with zero attached hydrogens (tertiary/aromatic N) is 5. The second-order valence-corrected chi connectivity index (χ2v) is 5.61. The Morgan fingerprint density at radius 2 is 1.77 bits per heavy atom. The lowest BCUT2D eigenvalue weighted by molar-refractivity contribution is -0.133. The van der Waals surface area contributed by atoms with Crippen molar-refractivity contribution in [1.29, 1.82) is 0 Å². The van der Waals surface area contributed by atoms with E-state index in [0.717, 1.165) is 0 Å². The number of anilines is 1. The molecule has 8 nitrogen and oxygen atoms in total. The first-order valence-electron chi connectivity index (χ1n) is 7.17. The Hall–Kier alpha value is -2.38. The van der Waals surface area contributed by atoms with Crippen molar-refractivity contribution in [2.24, 2.45) is 0 Å². The van der Waals surface area contributed by atoms with Crippen molar-refractivity contribution >= 4 is 17.8 Å². The zero-order valence-electron chi connectivity index (χ0n) is 12.9. The Balaban J connectivity index is 1.81. The van der Waals surface area contributed by atoms with E-state index in [1.807, 2.05) is 4.90 Å². The van der Waals surface area contributed by atoms with Gasteiger partial charge >= 0.3 is 6.03 Å². The Labute approximate surface area is 128 Å². The lowest BCUT2D eigenvalue weighted by Crippen LogP contribution is -2.55. The molecule has 0 bridgehead atoms. The van der Waals surface area contributed by atoms with Crippen LogP contribution in [0.4, 0.5) is 10.6 Å². The summed E-state index contributed by atoms with van der Waals surface area (Å²) in [5.41, 5.74) is -0.724. The summed E-state index contributed by atoms with van der Waals surface area (Å²) < 4.78 is 5.24. The van der Waals surface area contributed by atoms with Crippen LogP contribution in [0, 0.1) is 0 Å². The third-order valence-corrected chi connectivity index (χ3v) is 4.65. The van der Waals surface area contributed by atoms with Gasteiger partial charge in [-0.3, -0.25) is 9.69 Å². The molecule has 0 aromatic carbocycles. The minimum Gasteiger partial charge on any atom is -0.478 e. The van der Waals surface area contributed by atoms with E-state index in [0.29, 0.717) is 37.6 Å². The van der Waals surface area contributed by atoms with Crippen molar-refractivity contribution < 1.29 is 14.3 Å². The average molecular weight is 305 g/mol. The van der Waals surface area contributed by atoms with Crippen molar-refractivity contribution in [1.82, 2.24) is 19.8 Å². The molecule has 0 saturated carbocycles. The van der Waals surface area contributed by atoms with Crippen molar-refractivity contribution in [2.75, 3.05) is 39.2 Å². The van der Waals surface area contributed by atoms with Crippen LogP contribution in [0.25, 0.3) is 0 Å². The molecule has 0 aliphatic carbocycles. The number of methoxy groups -OCH3 is 1. The number of hydrogen-bond donors (Lipinski definition) is 0. The number of likely N-dealkylation sites (N-methyl/N-ethyl adjacent to an activating group) is 2. The van der Waals surface area contributed by atoms with Gasteiger partial charge in [0.15, 0.2) is 5.82 Å². The fourth-order valence-electron chi connectivity index (χ4n) is 3.27. The molecule has 3 amide bonds. The van der Waals surface area contributed by atoms with E-state index < -0.39 is 5.54 Å². The molecule has 2 aliphatic rings. The number of carbonyl (C=O) groups excluding carboxylic acids is 2. The summed E-state index contributed by atoms with van der Waals surface area (Å²) in [7, 11) is 4.79. The maximum absolute atomic E-state index is 12.5. The summed E-state index contributed by atoms with van der Waals surface area (Å²) in [4.78, 5) is 37.8. The Bertz CT molecular complexity index is 612. The van der Waals surface area contributed by atoms with Crippen LogP contribution in [0.5, 0.6) is 5.88 Å².